The molecule has 0 radical (unpaired) electrons. The second-order valence-electron chi connectivity index (χ2n) is 19.2. The Bertz CT molecular complexity index is 759. The van der Waals surface area contributed by atoms with E-state index in [0.717, 1.165) is 0 Å². The van der Waals surface area contributed by atoms with Crippen molar-refractivity contribution in [3.05, 3.63) is 37.5 Å². The zero-order valence-corrected chi connectivity index (χ0v) is 34.9. The number of hydrogen-bond donors (Lipinski definition) is 0. The van der Waals surface area contributed by atoms with Gasteiger partial charge in [-0.25, -0.2) is 0 Å². The van der Waals surface area contributed by atoms with Gasteiger partial charge in [-0.15, -0.1) is 13.2 Å². The summed E-state index contributed by atoms with van der Waals surface area (Å²) in [5, 5.41) is 0. The van der Waals surface area contributed by atoms with Gasteiger partial charge in [0.2, 0.25) is 0 Å². The number of rotatable bonds is 18. The van der Waals surface area contributed by atoms with Crippen LogP contribution in [0.4, 0.5) is 0 Å². The molecule has 1 aliphatic rings. The van der Waals surface area contributed by atoms with Crippen molar-refractivity contribution in [1.82, 2.24) is 0 Å². The highest BCUT2D eigenvalue weighted by Gasteiger charge is 2.20. The molecular weight excluding hydrogens is 577 g/mol. The van der Waals surface area contributed by atoms with Crippen molar-refractivity contribution in [2.45, 2.75) is 248 Å². The molecule has 0 saturated heterocycles. The van der Waals surface area contributed by atoms with Crippen LogP contribution in [0.1, 0.15) is 248 Å². The summed E-state index contributed by atoms with van der Waals surface area (Å²) in [7, 11) is 0. The first kappa shape index (κ1) is 47.2. The predicted octanol–water partition coefficient (Wildman–Crippen LogP) is 17.7. The zero-order chi connectivity index (χ0) is 36.0. The van der Waals surface area contributed by atoms with Crippen molar-refractivity contribution in [1.29, 1.82) is 0 Å². The van der Waals surface area contributed by atoms with E-state index in [1.165, 1.54) is 193 Å². The van der Waals surface area contributed by atoms with Gasteiger partial charge in [0.15, 0.2) is 0 Å². The average Bonchev–Trinajstić information content (AvgIpc) is 3.01. The van der Waals surface area contributed by atoms with Crippen LogP contribution in [0.5, 0.6) is 0 Å². The first-order valence-corrected chi connectivity index (χ1v) is 21.6. The smallest absolute Gasteiger partial charge is 0.0351 e. The van der Waals surface area contributed by atoms with Gasteiger partial charge in [-0.2, -0.15) is 0 Å². The van der Waals surface area contributed by atoms with Crippen molar-refractivity contribution in [3.8, 4) is 0 Å². The van der Waals surface area contributed by atoms with Crippen LogP contribution in [-0.4, -0.2) is 0 Å². The van der Waals surface area contributed by atoms with Gasteiger partial charge in [-0.3, -0.25) is 0 Å². The molecule has 0 saturated carbocycles. The lowest BCUT2D eigenvalue weighted by atomic mass is 9.80. The Balaban J connectivity index is 0.000000923. The van der Waals surface area contributed by atoms with E-state index in [2.05, 4.69) is 86.8 Å². The molecule has 284 valence electrons. The molecule has 0 spiro atoms. The third-order valence-electron chi connectivity index (χ3n) is 11.6. The molecule has 0 aromatic heterocycles. The largest absolute Gasteiger partial charge is 0.103 e. The van der Waals surface area contributed by atoms with Crippen LogP contribution in [0.25, 0.3) is 0 Å². The van der Waals surface area contributed by atoms with Crippen LogP contribution >= 0.6 is 0 Å². The molecule has 0 fully saturated rings. The van der Waals surface area contributed by atoms with E-state index in [0.29, 0.717) is 21.7 Å². The third-order valence-corrected chi connectivity index (χ3v) is 11.6. The van der Waals surface area contributed by atoms with Crippen LogP contribution in [0, 0.1) is 21.7 Å². The van der Waals surface area contributed by atoms with Gasteiger partial charge in [0.1, 0.15) is 0 Å². The molecule has 0 bridgehead atoms. The Hall–Kier alpha value is -0.780. The highest BCUT2D eigenvalue weighted by Crippen LogP contribution is 2.34. The van der Waals surface area contributed by atoms with Gasteiger partial charge in [-0.1, -0.05) is 170 Å². The van der Waals surface area contributed by atoms with Crippen molar-refractivity contribution in [2.24, 2.45) is 21.7 Å². The Morgan fingerprint density at radius 1 is 0.438 bits per heavy atom. The summed E-state index contributed by atoms with van der Waals surface area (Å²) >= 11 is 0. The Morgan fingerprint density at radius 2 is 0.771 bits per heavy atom. The predicted molar refractivity (Wildman–Crippen MR) is 223 cm³/mol. The van der Waals surface area contributed by atoms with Gasteiger partial charge in [-0.05, 0) is 124 Å². The molecule has 48 heavy (non-hydrogen) atoms. The summed E-state index contributed by atoms with van der Waals surface area (Å²) < 4.78 is 0. The summed E-state index contributed by atoms with van der Waals surface area (Å²) in [6.07, 6.45) is 50.4. The van der Waals surface area contributed by atoms with E-state index in [1.807, 2.05) is 6.08 Å². The minimum absolute atomic E-state index is 0.522. The van der Waals surface area contributed by atoms with E-state index >= 15 is 0 Å². The van der Waals surface area contributed by atoms with Crippen molar-refractivity contribution < 1.29 is 0 Å². The fourth-order valence-electron chi connectivity index (χ4n) is 7.75. The quantitative estimate of drug-likeness (QED) is 0.101. The number of allylic oxidation sites excluding steroid dienone is 4. The SMILES string of the molecule is C=CCCCCCCC(C)(C)CCCCCCC(C)(C)CCCC=C.CC1(C)CCCC=CCCCCCCC(C)(C)CCCCCC1. The molecule has 0 heteroatoms. The summed E-state index contributed by atoms with van der Waals surface area (Å²) in [5.41, 5.74) is 2.19. The van der Waals surface area contributed by atoms with E-state index in [9.17, 15) is 0 Å². The molecule has 0 nitrogen and oxygen atoms in total. The lowest BCUT2D eigenvalue weighted by Gasteiger charge is -2.25. The van der Waals surface area contributed by atoms with Crippen LogP contribution < -0.4 is 0 Å². The maximum atomic E-state index is 3.83. The summed E-state index contributed by atoms with van der Waals surface area (Å²) in [6.45, 7) is 27.4. The third kappa shape index (κ3) is 32.4. The summed E-state index contributed by atoms with van der Waals surface area (Å²) in [6, 6.07) is 0. The van der Waals surface area contributed by atoms with E-state index in [-0.39, 0.29) is 0 Å². The molecule has 0 amide bonds. The molecule has 0 unspecified atom stereocenters. The Morgan fingerprint density at radius 3 is 1.21 bits per heavy atom. The molecule has 0 N–H and O–H groups in total. The summed E-state index contributed by atoms with van der Waals surface area (Å²) in [4.78, 5) is 0. The van der Waals surface area contributed by atoms with Gasteiger partial charge in [0, 0.05) is 0 Å². The molecule has 0 atom stereocenters. The van der Waals surface area contributed by atoms with Gasteiger partial charge >= 0.3 is 0 Å². The Labute approximate surface area is 306 Å². The topological polar surface area (TPSA) is 0 Å². The molecule has 0 aromatic rings. The number of hydrogen-bond acceptors (Lipinski definition) is 0. The standard InChI is InChI=1S/C25H48.C23H44/c1-7-9-11-12-13-17-21-25(5,6)23-19-15-14-18-22-24(3,4)20-16-10-8-2;1-22(2)18-14-10-8-6-5-7-9-11-15-19-23(3,4)21-17-13-12-16-20-22/h7-8H,1-2,9-23H2,3-6H3;6,8H,5,7,9-21H2,1-4H3. The van der Waals surface area contributed by atoms with E-state index in [1.54, 1.807) is 0 Å². The van der Waals surface area contributed by atoms with Crippen LogP contribution in [0.2, 0.25) is 0 Å². The van der Waals surface area contributed by atoms with E-state index < -0.39 is 0 Å². The van der Waals surface area contributed by atoms with Crippen molar-refractivity contribution in [3.63, 3.8) is 0 Å². The maximum absolute atomic E-state index is 3.83. The highest BCUT2D eigenvalue weighted by atomic mass is 14.3. The lowest BCUT2D eigenvalue weighted by Crippen LogP contribution is -2.12. The van der Waals surface area contributed by atoms with Crippen molar-refractivity contribution in [2.75, 3.05) is 0 Å². The van der Waals surface area contributed by atoms with Gasteiger partial charge in [0.25, 0.3) is 0 Å². The van der Waals surface area contributed by atoms with Gasteiger partial charge in [0.05, 0.1) is 0 Å². The fourth-order valence-corrected chi connectivity index (χ4v) is 7.75. The molecule has 0 heterocycles. The average molecular weight is 669 g/mol. The van der Waals surface area contributed by atoms with Gasteiger partial charge < -0.3 is 0 Å². The summed E-state index contributed by atoms with van der Waals surface area (Å²) in [5.74, 6) is 0. The monoisotopic (exact) mass is 669 g/mol. The van der Waals surface area contributed by atoms with Crippen molar-refractivity contribution >= 4 is 0 Å². The number of unbranched alkanes of at least 4 members (excludes halogenated alkanes) is 8. The Kier molecular flexibility index (Phi) is 28.4. The first-order chi connectivity index (χ1) is 22.7. The zero-order valence-electron chi connectivity index (χ0n) is 34.9. The molecule has 1 rings (SSSR count). The molecule has 0 aromatic carbocycles. The maximum Gasteiger partial charge on any atom is -0.0351 e. The van der Waals surface area contributed by atoms with E-state index in [4.69, 9.17) is 0 Å². The van der Waals surface area contributed by atoms with Crippen LogP contribution in [-0.2, 0) is 0 Å². The minimum Gasteiger partial charge on any atom is -0.103 e. The normalized spacial score (nSPS) is 18.8. The molecule has 1 aliphatic carbocycles. The second kappa shape index (κ2) is 28.9. The minimum atomic E-state index is 0.522. The lowest BCUT2D eigenvalue weighted by molar-refractivity contribution is 0.271. The van der Waals surface area contributed by atoms with Crippen LogP contribution in [0.3, 0.4) is 0 Å². The highest BCUT2D eigenvalue weighted by molar-refractivity contribution is 4.83. The molecule has 0 aliphatic heterocycles. The second-order valence-corrected chi connectivity index (χ2v) is 19.2. The van der Waals surface area contributed by atoms with Crippen LogP contribution in [0.15, 0.2) is 37.5 Å². The first-order valence-electron chi connectivity index (χ1n) is 21.6. The fraction of sp³-hybridized carbons (Fsp3) is 0.875. The molecular formula is C48H92.